The first kappa shape index (κ1) is 16.8. The molecule has 2 unspecified atom stereocenters. The van der Waals surface area contributed by atoms with Crippen LogP contribution in [0.1, 0.15) is 38.9 Å². The summed E-state index contributed by atoms with van der Waals surface area (Å²) >= 11 is 0. The maximum absolute atomic E-state index is 13.1. The number of carbonyl (C=O) groups is 1. The fraction of sp³-hybridized carbons (Fsp3) is 0.500. The third-order valence-electron chi connectivity index (χ3n) is 4.59. The minimum absolute atomic E-state index is 0.0733. The van der Waals surface area contributed by atoms with Gasteiger partial charge >= 0.3 is 10.2 Å². The summed E-state index contributed by atoms with van der Waals surface area (Å²) in [6.07, 6.45) is 5.82. The number of hydrogen-bond acceptors (Lipinski definition) is 4. The molecule has 24 heavy (non-hydrogen) atoms. The van der Waals surface area contributed by atoms with Gasteiger partial charge in [-0.15, -0.1) is 4.40 Å². The summed E-state index contributed by atoms with van der Waals surface area (Å²) in [7, 11) is -2.61. The van der Waals surface area contributed by atoms with Crippen molar-refractivity contribution in [1.29, 1.82) is 0 Å². The molecule has 0 spiro atoms. The van der Waals surface area contributed by atoms with E-state index in [0.717, 1.165) is 23.6 Å². The number of rotatable bonds is 2. The SMILES string of the molecule is CC1CCCC(C)N1C(=O)C1=CC(c2ccco2)=NS(=O)(=O)N1C. The first-order valence-electron chi connectivity index (χ1n) is 7.98. The van der Waals surface area contributed by atoms with Gasteiger partial charge in [-0.3, -0.25) is 4.79 Å². The van der Waals surface area contributed by atoms with Crippen molar-refractivity contribution in [2.75, 3.05) is 7.05 Å². The normalized spacial score (nSPS) is 26.8. The lowest BCUT2D eigenvalue weighted by molar-refractivity contribution is -0.134. The largest absolute Gasteiger partial charge is 0.463 e. The van der Waals surface area contributed by atoms with E-state index in [1.807, 2.05) is 13.8 Å². The summed E-state index contributed by atoms with van der Waals surface area (Å²) in [5, 5.41) is 0. The van der Waals surface area contributed by atoms with Crippen LogP contribution in [0.2, 0.25) is 0 Å². The van der Waals surface area contributed by atoms with Gasteiger partial charge in [-0.2, -0.15) is 8.42 Å². The van der Waals surface area contributed by atoms with E-state index in [2.05, 4.69) is 4.40 Å². The molecule has 0 radical (unpaired) electrons. The molecule has 130 valence electrons. The van der Waals surface area contributed by atoms with Gasteiger partial charge in [0.2, 0.25) is 0 Å². The molecule has 0 aromatic carbocycles. The maximum Gasteiger partial charge on any atom is 0.345 e. The van der Waals surface area contributed by atoms with Crippen LogP contribution in [-0.4, -0.2) is 48.4 Å². The van der Waals surface area contributed by atoms with E-state index in [4.69, 9.17) is 4.42 Å². The van der Waals surface area contributed by atoms with E-state index in [9.17, 15) is 13.2 Å². The van der Waals surface area contributed by atoms with Crippen LogP contribution in [0.15, 0.2) is 39.0 Å². The molecule has 7 nitrogen and oxygen atoms in total. The number of allylic oxidation sites excluding steroid dienone is 1. The van der Waals surface area contributed by atoms with Gasteiger partial charge < -0.3 is 9.32 Å². The molecule has 0 bridgehead atoms. The lowest BCUT2D eigenvalue weighted by Gasteiger charge is -2.40. The quantitative estimate of drug-likeness (QED) is 0.815. The topological polar surface area (TPSA) is 83.2 Å². The Morgan fingerprint density at radius 1 is 1.29 bits per heavy atom. The highest BCUT2D eigenvalue weighted by molar-refractivity contribution is 7.88. The van der Waals surface area contributed by atoms with Crippen molar-refractivity contribution in [2.24, 2.45) is 4.40 Å². The fourth-order valence-electron chi connectivity index (χ4n) is 3.25. The predicted molar refractivity (Wildman–Crippen MR) is 89.6 cm³/mol. The molecule has 1 amide bonds. The summed E-state index contributed by atoms with van der Waals surface area (Å²) in [6.45, 7) is 3.99. The Kier molecular flexibility index (Phi) is 4.25. The molecule has 0 N–H and O–H groups in total. The first-order chi connectivity index (χ1) is 11.3. The lowest BCUT2D eigenvalue weighted by atomic mass is 9.97. The van der Waals surface area contributed by atoms with Crippen molar-refractivity contribution < 1.29 is 17.6 Å². The van der Waals surface area contributed by atoms with Crippen LogP contribution in [0, 0.1) is 0 Å². The molecule has 1 saturated heterocycles. The zero-order chi connectivity index (χ0) is 17.5. The van der Waals surface area contributed by atoms with E-state index < -0.39 is 10.2 Å². The summed E-state index contributed by atoms with van der Waals surface area (Å²) in [5.41, 5.74) is 0.232. The Hall–Kier alpha value is -2.09. The van der Waals surface area contributed by atoms with Gasteiger partial charge in [0.25, 0.3) is 5.91 Å². The molecule has 1 fully saturated rings. The zero-order valence-corrected chi connectivity index (χ0v) is 14.8. The number of hydrogen-bond donors (Lipinski definition) is 0. The number of likely N-dealkylation sites (N-methyl/N-ethyl adjacent to an activating group) is 1. The van der Waals surface area contributed by atoms with Crippen molar-refractivity contribution in [1.82, 2.24) is 9.21 Å². The molecule has 0 aliphatic carbocycles. The second-order valence-corrected chi connectivity index (χ2v) is 7.90. The van der Waals surface area contributed by atoms with Crippen LogP contribution in [-0.2, 0) is 15.0 Å². The standard InChI is InChI=1S/C16H21N3O4S/c1-11-6-4-7-12(2)19(11)16(20)14-10-13(15-8-5-9-23-15)17-24(21,22)18(14)3/h5,8-12H,4,6-7H2,1-3H3. The molecular formula is C16H21N3O4S. The smallest absolute Gasteiger partial charge is 0.345 e. The van der Waals surface area contributed by atoms with Gasteiger partial charge in [0.1, 0.15) is 11.4 Å². The Bertz CT molecular complexity index is 785. The van der Waals surface area contributed by atoms with E-state index in [-0.39, 0.29) is 29.4 Å². The highest BCUT2D eigenvalue weighted by Gasteiger charge is 2.37. The minimum Gasteiger partial charge on any atom is -0.463 e. The molecule has 2 aliphatic heterocycles. The average Bonchev–Trinajstić information content (AvgIpc) is 3.03. The highest BCUT2D eigenvalue weighted by atomic mass is 32.2. The number of nitrogens with zero attached hydrogens (tertiary/aromatic N) is 3. The first-order valence-corrected chi connectivity index (χ1v) is 9.38. The number of piperidine rings is 1. The van der Waals surface area contributed by atoms with Crippen molar-refractivity contribution in [3.05, 3.63) is 35.9 Å². The number of furan rings is 1. The van der Waals surface area contributed by atoms with Crippen LogP contribution in [0.3, 0.4) is 0 Å². The van der Waals surface area contributed by atoms with Crippen molar-refractivity contribution in [2.45, 2.75) is 45.2 Å². The molecule has 3 rings (SSSR count). The van der Waals surface area contributed by atoms with Gasteiger partial charge in [0.05, 0.1) is 6.26 Å². The van der Waals surface area contributed by atoms with E-state index in [0.29, 0.717) is 5.76 Å². The number of likely N-dealkylation sites (tertiary alicyclic amines) is 1. The van der Waals surface area contributed by atoms with E-state index >= 15 is 0 Å². The Morgan fingerprint density at radius 2 is 1.96 bits per heavy atom. The van der Waals surface area contributed by atoms with Gasteiger partial charge in [-0.1, -0.05) is 0 Å². The molecule has 8 heteroatoms. The molecule has 1 aromatic heterocycles. The third-order valence-corrected chi connectivity index (χ3v) is 5.91. The summed E-state index contributed by atoms with van der Waals surface area (Å²) in [5.74, 6) is 0.0245. The summed E-state index contributed by atoms with van der Waals surface area (Å²) in [6, 6.07) is 3.41. The Labute approximate surface area is 141 Å². The average molecular weight is 351 g/mol. The number of amides is 1. The predicted octanol–water partition coefficient (Wildman–Crippen LogP) is 1.93. The number of carbonyl (C=O) groups excluding carboxylic acids is 1. The minimum atomic E-state index is -3.96. The van der Waals surface area contributed by atoms with Crippen molar-refractivity contribution in [3.63, 3.8) is 0 Å². The fourth-order valence-corrected chi connectivity index (χ4v) is 4.14. The van der Waals surface area contributed by atoms with Crippen LogP contribution in [0.4, 0.5) is 0 Å². The summed E-state index contributed by atoms with van der Waals surface area (Å²) < 4.78 is 34.6. The molecular weight excluding hydrogens is 330 g/mol. The highest BCUT2D eigenvalue weighted by Crippen LogP contribution is 2.27. The third kappa shape index (κ3) is 2.86. The van der Waals surface area contributed by atoms with E-state index in [1.54, 1.807) is 17.0 Å². The van der Waals surface area contributed by atoms with Crippen LogP contribution >= 0.6 is 0 Å². The zero-order valence-electron chi connectivity index (χ0n) is 14.0. The van der Waals surface area contributed by atoms with Crippen LogP contribution < -0.4 is 0 Å². The Morgan fingerprint density at radius 3 is 2.54 bits per heavy atom. The van der Waals surface area contributed by atoms with Crippen LogP contribution in [0.5, 0.6) is 0 Å². The molecule has 3 heterocycles. The molecule has 0 saturated carbocycles. The van der Waals surface area contributed by atoms with Gasteiger partial charge in [-0.05, 0) is 51.3 Å². The molecule has 2 atom stereocenters. The van der Waals surface area contributed by atoms with Gasteiger partial charge in [-0.25, -0.2) is 4.31 Å². The van der Waals surface area contributed by atoms with Crippen molar-refractivity contribution in [3.8, 4) is 0 Å². The second kappa shape index (κ2) is 6.08. The van der Waals surface area contributed by atoms with Crippen LogP contribution in [0.25, 0.3) is 0 Å². The Balaban J connectivity index is 2.01. The second-order valence-electron chi connectivity index (χ2n) is 6.27. The molecule has 2 aliphatic rings. The van der Waals surface area contributed by atoms with E-state index in [1.165, 1.54) is 19.4 Å². The molecule has 1 aromatic rings. The van der Waals surface area contributed by atoms with Gasteiger partial charge in [0.15, 0.2) is 5.76 Å². The van der Waals surface area contributed by atoms with Crippen molar-refractivity contribution >= 4 is 21.8 Å². The lowest BCUT2D eigenvalue weighted by Crippen LogP contribution is -2.50. The monoisotopic (exact) mass is 351 g/mol. The summed E-state index contributed by atoms with van der Waals surface area (Å²) in [4.78, 5) is 14.8. The van der Waals surface area contributed by atoms with Gasteiger partial charge in [0, 0.05) is 19.1 Å². The maximum atomic E-state index is 13.1.